The first-order valence-electron chi connectivity index (χ1n) is 15.0. The molecule has 3 aliphatic heterocycles. The summed E-state index contributed by atoms with van der Waals surface area (Å²) in [5.74, 6) is 1.92. The van der Waals surface area contributed by atoms with Gasteiger partial charge in [0.25, 0.3) is 5.91 Å². The molecule has 0 spiro atoms. The highest BCUT2D eigenvalue weighted by Gasteiger charge is 2.39. The Hall–Kier alpha value is -5.16. The van der Waals surface area contributed by atoms with Gasteiger partial charge in [-0.15, -0.1) is 0 Å². The van der Waals surface area contributed by atoms with E-state index in [-0.39, 0.29) is 5.91 Å². The molecule has 7 heterocycles. The van der Waals surface area contributed by atoms with E-state index in [1.54, 1.807) is 26.6 Å². The summed E-state index contributed by atoms with van der Waals surface area (Å²) < 4.78 is 18.8. The van der Waals surface area contributed by atoms with Crippen LogP contribution in [0.3, 0.4) is 0 Å². The monoisotopic (exact) mass is 603 g/mol. The van der Waals surface area contributed by atoms with Crippen LogP contribution >= 0.6 is 0 Å². The van der Waals surface area contributed by atoms with E-state index in [2.05, 4.69) is 21.3 Å². The lowest BCUT2D eigenvalue weighted by Gasteiger charge is -2.28. The molecule has 2 atom stereocenters. The number of methoxy groups -OCH3 is 2. The van der Waals surface area contributed by atoms with Crippen molar-refractivity contribution < 1.29 is 19.0 Å². The first kappa shape index (κ1) is 27.4. The lowest BCUT2D eigenvalue weighted by molar-refractivity contribution is 0.0766. The maximum absolute atomic E-state index is 14.2. The first-order chi connectivity index (χ1) is 22.0. The summed E-state index contributed by atoms with van der Waals surface area (Å²) in [5, 5.41) is 4.39. The number of nitrogens with one attached hydrogen (secondary N) is 1. The van der Waals surface area contributed by atoms with Crippen LogP contribution < -0.4 is 19.7 Å². The summed E-state index contributed by atoms with van der Waals surface area (Å²) in [6.45, 7) is 2.42. The van der Waals surface area contributed by atoms with Gasteiger partial charge in [0.05, 0.1) is 68.0 Å². The smallest absolute Gasteiger partial charge is 0.257 e. The molecule has 0 aliphatic carbocycles. The number of carbonyl (C=O) groups is 1. The Balaban J connectivity index is 1.16. The van der Waals surface area contributed by atoms with Crippen LogP contribution in [0.15, 0.2) is 67.3 Å². The molecular formula is C34H33N7O4. The highest BCUT2D eigenvalue weighted by molar-refractivity contribution is 6.06. The third-order valence-electron chi connectivity index (χ3n) is 9.15. The molecule has 11 heteroatoms. The zero-order chi connectivity index (χ0) is 30.7. The van der Waals surface area contributed by atoms with Gasteiger partial charge in [0, 0.05) is 67.2 Å². The summed E-state index contributed by atoms with van der Waals surface area (Å²) in [7, 11) is 5.21. The standard InChI is InChI=1S/C34H33N7O4/c1-39-11-9-26-25(8-10-35-33(26)39)32-27-18-40(16-20-4-6-23(43-2)13-29(20)44-3)34(42)31(27)28(15-37-32)38-30-7-5-21(14-36-30)41-17-24-12-22(41)19-45-24/h4-11,13-15,22,24H,12,16-19H2,1-3H3,(H,36,38). The van der Waals surface area contributed by atoms with Crippen LogP contribution in [0.1, 0.15) is 27.9 Å². The maximum atomic E-state index is 14.2. The SMILES string of the molecule is COc1ccc(CN2Cc3c(-c4ccnc5c4ccn5C)ncc(Nc4ccc(N5CC6CC5CO6)cn4)c3C2=O)c(OC)c1. The number of anilines is 3. The van der Waals surface area contributed by atoms with E-state index in [1.807, 2.05) is 65.3 Å². The van der Waals surface area contributed by atoms with Crippen LogP contribution in [0.25, 0.3) is 22.3 Å². The molecule has 0 radical (unpaired) electrons. The molecular weight excluding hydrogens is 570 g/mol. The first-order valence-corrected chi connectivity index (χ1v) is 15.0. The number of hydrogen-bond donors (Lipinski definition) is 1. The lowest BCUT2D eigenvalue weighted by Crippen LogP contribution is -2.36. The molecule has 4 aromatic heterocycles. The number of nitrogens with zero attached hydrogens (tertiary/aromatic N) is 6. The highest BCUT2D eigenvalue weighted by atomic mass is 16.5. The van der Waals surface area contributed by atoms with Gasteiger partial charge in [-0.05, 0) is 42.8 Å². The van der Waals surface area contributed by atoms with E-state index in [0.717, 1.165) is 58.7 Å². The molecule has 1 amide bonds. The minimum atomic E-state index is -0.0860. The van der Waals surface area contributed by atoms with Gasteiger partial charge >= 0.3 is 0 Å². The molecule has 2 unspecified atom stereocenters. The number of pyridine rings is 3. The second-order valence-corrected chi connectivity index (χ2v) is 11.8. The number of ether oxygens (including phenoxy) is 3. The molecule has 45 heavy (non-hydrogen) atoms. The van der Waals surface area contributed by atoms with Crippen molar-refractivity contribution in [3.05, 3.63) is 83.9 Å². The fourth-order valence-corrected chi connectivity index (χ4v) is 6.87. The number of hydrogen-bond acceptors (Lipinski definition) is 9. The summed E-state index contributed by atoms with van der Waals surface area (Å²) in [6.07, 6.45) is 8.78. The summed E-state index contributed by atoms with van der Waals surface area (Å²) >= 11 is 0. The van der Waals surface area contributed by atoms with Crippen molar-refractivity contribution in [3.63, 3.8) is 0 Å². The molecule has 1 N–H and O–H groups in total. The molecule has 5 aromatic rings. The molecule has 3 aliphatic rings. The van der Waals surface area contributed by atoms with Crippen molar-refractivity contribution in [1.29, 1.82) is 0 Å². The topological polar surface area (TPSA) is 107 Å². The van der Waals surface area contributed by atoms with Gasteiger partial charge in [0.15, 0.2) is 0 Å². The van der Waals surface area contributed by atoms with Crippen LogP contribution in [0.4, 0.5) is 17.2 Å². The van der Waals surface area contributed by atoms with Gasteiger partial charge in [-0.2, -0.15) is 0 Å². The number of rotatable bonds is 8. The molecule has 0 saturated carbocycles. The van der Waals surface area contributed by atoms with Crippen LogP contribution in [0.2, 0.25) is 0 Å². The summed E-state index contributed by atoms with van der Waals surface area (Å²) in [6, 6.07) is 14.1. The lowest BCUT2D eigenvalue weighted by atomic mass is 10.0. The predicted octanol–water partition coefficient (Wildman–Crippen LogP) is 4.92. The van der Waals surface area contributed by atoms with Crippen LogP contribution in [0, 0.1) is 0 Å². The fourth-order valence-electron chi connectivity index (χ4n) is 6.87. The number of aryl methyl sites for hydroxylation is 1. The third-order valence-corrected chi connectivity index (χ3v) is 9.15. The molecule has 2 fully saturated rings. The average Bonchev–Trinajstić information content (AvgIpc) is 3.87. The van der Waals surface area contributed by atoms with E-state index >= 15 is 0 Å². The molecule has 2 bridgehead atoms. The second-order valence-electron chi connectivity index (χ2n) is 11.8. The van der Waals surface area contributed by atoms with Crippen molar-refractivity contribution in [3.8, 4) is 22.8 Å². The van der Waals surface area contributed by atoms with Gasteiger partial charge in [-0.1, -0.05) is 0 Å². The van der Waals surface area contributed by atoms with Crippen molar-refractivity contribution >= 4 is 34.1 Å². The van der Waals surface area contributed by atoms with Crippen molar-refractivity contribution in [2.45, 2.75) is 31.7 Å². The zero-order valence-electron chi connectivity index (χ0n) is 25.4. The number of amides is 1. The number of fused-ring (bicyclic) bond motifs is 4. The van der Waals surface area contributed by atoms with Crippen LogP contribution in [0.5, 0.6) is 11.5 Å². The Morgan fingerprint density at radius 3 is 2.71 bits per heavy atom. The van der Waals surface area contributed by atoms with Crippen molar-refractivity contribution in [2.75, 3.05) is 37.6 Å². The minimum Gasteiger partial charge on any atom is -0.497 e. The Kier molecular flexibility index (Phi) is 6.56. The average molecular weight is 604 g/mol. The van der Waals surface area contributed by atoms with E-state index in [9.17, 15) is 4.79 Å². The van der Waals surface area contributed by atoms with Gasteiger partial charge in [0.1, 0.15) is 23.0 Å². The van der Waals surface area contributed by atoms with E-state index in [0.29, 0.717) is 53.8 Å². The van der Waals surface area contributed by atoms with Crippen molar-refractivity contribution in [2.24, 2.45) is 7.05 Å². The highest BCUT2D eigenvalue weighted by Crippen LogP contribution is 2.40. The second kappa shape index (κ2) is 10.8. The van der Waals surface area contributed by atoms with E-state index < -0.39 is 0 Å². The Morgan fingerprint density at radius 2 is 1.96 bits per heavy atom. The van der Waals surface area contributed by atoms with Crippen LogP contribution in [-0.2, 0) is 24.9 Å². The molecule has 2 saturated heterocycles. The normalized spacial score (nSPS) is 18.6. The Labute approximate surface area is 260 Å². The number of aromatic nitrogens is 4. The third kappa shape index (κ3) is 4.62. The quantitative estimate of drug-likeness (QED) is 0.264. The largest absolute Gasteiger partial charge is 0.497 e. The van der Waals surface area contributed by atoms with Gasteiger partial charge in [-0.3, -0.25) is 9.78 Å². The van der Waals surface area contributed by atoms with E-state index in [4.69, 9.17) is 24.2 Å². The van der Waals surface area contributed by atoms with E-state index in [1.165, 1.54) is 0 Å². The number of morpholine rings is 1. The Morgan fingerprint density at radius 1 is 1.04 bits per heavy atom. The fraction of sp³-hybridized carbons (Fsp3) is 0.294. The van der Waals surface area contributed by atoms with Crippen molar-refractivity contribution in [1.82, 2.24) is 24.4 Å². The number of benzene rings is 1. The zero-order valence-corrected chi connectivity index (χ0v) is 25.4. The molecule has 1 aromatic carbocycles. The Bertz CT molecular complexity index is 1940. The van der Waals surface area contributed by atoms with Gasteiger partial charge < -0.3 is 33.9 Å². The number of carbonyl (C=O) groups excluding carboxylic acids is 1. The predicted molar refractivity (Wildman–Crippen MR) is 170 cm³/mol. The minimum absolute atomic E-state index is 0.0860. The van der Waals surface area contributed by atoms with Crippen LogP contribution in [-0.4, -0.2) is 69.8 Å². The molecule has 228 valence electrons. The molecule has 11 nitrogen and oxygen atoms in total. The maximum Gasteiger partial charge on any atom is 0.257 e. The summed E-state index contributed by atoms with van der Waals surface area (Å²) in [5.41, 5.74) is 6.60. The van der Waals surface area contributed by atoms with Gasteiger partial charge in [-0.25, -0.2) is 9.97 Å². The van der Waals surface area contributed by atoms with Gasteiger partial charge in [0.2, 0.25) is 0 Å². The molecule has 8 rings (SSSR count). The summed E-state index contributed by atoms with van der Waals surface area (Å²) in [4.78, 5) is 32.6.